The summed E-state index contributed by atoms with van der Waals surface area (Å²) in [7, 11) is 0. The highest BCUT2D eigenvalue weighted by atomic mass is 35.5. The van der Waals surface area contributed by atoms with Crippen molar-refractivity contribution in [3.8, 4) is 5.75 Å². The Morgan fingerprint density at radius 3 is 2.02 bits per heavy atom. The van der Waals surface area contributed by atoms with Crippen LogP contribution in [0.2, 0.25) is 5.02 Å². The fourth-order valence-corrected chi connectivity index (χ4v) is 4.49. The number of carbonyl (C=O) groups is 3. The number of nitrogens with zero attached hydrogens (tertiary/aromatic N) is 2. The number of alkyl halides is 3. The van der Waals surface area contributed by atoms with E-state index < -0.39 is 24.2 Å². The highest BCUT2D eigenvalue weighted by molar-refractivity contribution is 6.30. The van der Waals surface area contributed by atoms with Gasteiger partial charge in [-0.3, -0.25) is 9.69 Å². The topological polar surface area (TPSA) is 131 Å². The summed E-state index contributed by atoms with van der Waals surface area (Å²) in [5.41, 5.74) is 1.18. The first-order chi connectivity index (χ1) is 18.9. The monoisotopic (exact) mass is 586 g/mol. The van der Waals surface area contributed by atoms with Crippen LogP contribution < -0.4 is 10.6 Å². The van der Waals surface area contributed by atoms with E-state index in [2.05, 4.69) is 15.5 Å². The van der Waals surface area contributed by atoms with Crippen molar-refractivity contribution >= 4 is 35.2 Å². The molecule has 0 unspecified atom stereocenters. The minimum absolute atomic E-state index is 0.0990. The second-order valence-corrected chi connectivity index (χ2v) is 9.57. The number of urea groups is 1. The molecule has 2 fully saturated rings. The van der Waals surface area contributed by atoms with Crippen molar-refractivity contribution in [3.63, 3.8) is 0 Å². The maximum absolute atomic E-state index is 13.5. The van der Waals surface area contributed by atoms with Crippen molar-refractivity contribution in [2.75, 3.05) is 44.7 Å². The number of rotatable bonds is 5. The van der Waals surface area contributed by atoms with Crippen molar-refractivity contribution in [1.82, 2.24) is 15.1 Å². The number of aromatic hydroxyl groups is 1. The summed E-state index contributed by atoms with van der Waals surface area (Å²) in [6, 6.07) is 12.2. The summed E-state index contributed by atoms with van der Waals surface area (Å²) < 4.78 is 37.2. The van der Waals surface area contributed by atoms with Crippen LogP contribution in [0.15, 0.2) is 48.5 Å². The van der Waals surface area contributed by atoms with Gasteiger partial charge in [-0.1, -0.05) is 23.7 Å². The Labute approximate surface area is 233 Å². The molecule has 3 amide bonds. The van der Waals surface area contributed by atoms with Gasteiger partial charge in [-0.15, -0.1) is 0 Å². The van der Waals surface area contributed by atoms with E-state index in [1.807, 2.05) is 4.90 Å². The summed E-state index contributed by atoms with van der Waals surface area (Å²) in [6.45, 7) is 4.65. The molecule has 2 aromatic carbocycles. The van der Waals surface area contributed by atoms with Gasteiger partial charge in [0.15, 0.2) is 0 Å². The third-order valence-electron chi connectivity index (χ3n) is 6.43. The zero-order chi connectivity index (χ0) is 29.3. The number of hydrogen-bond donors (Lipinski definition) is 4. The fourth-order valence-electron chi connectivity index (χ4n) is 4.36. The number of hydrogen-bond acceptors (Lipinski definition) is 6. The molecule has 14 heteroatoms. The number of halogens is 4. The molecule has 0 saturated carbocycles. The second kappa shape index (κ2) is 14.2. The first-order valence-corrected chi connectivity index (χ1v) is 12.8. The lowest BCUT2D eigenvalue weighted by Gasteiger charge is -2.40. The number of piperidine rings is 1. The van der Waals surface area contributed by atoms with Crippen LogP contribution in [0.25, 0.3) is 0 Å². The molecule has 10 nitrogen and oxygen atoms in total. The molecule has 2 heterocycles. The van der Waals surface area contributed by atoms with E-state index in [4.69, 9.17) is 26.2 Å². The van der Waals surface area contributed by atoms with E-state index in [1.54, 1.807) is 36.4 Å². The Bertz CT molecular complexity index is 1140. The van der Waals surface area contributed by atoms with Gasteiger partial charge in [-0.2, -0.15) is 13.2 Å². The van der Waals surface area contributed by atoms with Gasteiger partial charge in [0, 0.05) is 42.9 Å². The first-order valence-electron chi connectivity index (χ1n) is 12.5. The summed E-state index contributed by atoms with van der Waals surface area (Å²) in [4.78, 5) is 39.3. The molecule has 0 aromatic heterocycles. The number of ether oxygens (including phenoxy) is 1. The van der Waals surface area contributed by atoms with Crippen molar-refractivity contribution in [2.45, 2.75) is 31.1 Å². The Morgan fingerprint density at radius 2 is 1.50 bits per heavy atom. The lowest BCUT2D eigenvalue weighted by molar-refractivity contribution is -0.192. The summed E-state index contributed by atoms with van der Waals surface area (Å²) in [6.07, 6.45) is -3.30. The number of anilines is 1. The summed E-state index contributed by atoms with van der Waals surface area (Å²) >= 11 is 5.90. The molecule has 1 atom stereocenters. The molecule has 0 radical (unpaired) electrons. The number of aliphatic carboxylic acids is 1. The molecule has 0 spiro atoms. The maximum Gasteiger partial charge on any atom is 0.490 e. The van der Waals surface area contributed by atoms with Crippen molar-refractivity contribution < 1.29 is 42.5 Å². The van der Waals surface area contributed by atoms with Gasteiger partial charge >= 0.3 is 18.2 Å². The molecular formula is C26H30ClF3N4O6. The predicted octanol–water partition coefficient (Wildman–Crippen LogP) is 3.86. The number of likely N-dealkylation sites (tertiary alicyclic amines) is 1. The molecular weight excluding hydrogens is 557 g/mol. The third-order valence-corrected chi connectivity index (χ3v) is 6.68. The molecule has 0 aliphatic carbocycles. The second-order valence-electron chi connectivity index (χ2n) is 9.14. The van der Waals surface area contributed by atoms with E-state index in [1.165, 1.54) is 12.1 Å². The van der Waals surface area contributed by atoms with Gasteiger partial charge in [0.05, 0.1) is 13.2 Å². The standard InChI is InChI=1S/C24H29ClN4O4.C2HF3O2/c25-18-3-5-19(6-4-18)26-24(32)27-22(17-1-7-21(30)8-2-17)23(31)29-11-9-20(10-12-29)28-13-15-33-16-14-28;3-2(4,5)1(6)7/h1-8,20,22,30H,9-16H2,(H2,26,27,32);(H,6,7)/t22-;/m1./s1. The van der Waals surface area contributed by atoms with Gasteiger partial charge in [0.1, 0.15) is 11.8 Å². The quantitative estimate of drug-likeness (QED) is 0.418. The zero-order valence-electron chi connectivity index (χ0n) is 21.4. The maximum atomic E-state index is 13.5. The van der Waals surface area contributed by atoms with E-state index >= 15 is 0 Å². The lowest BCUT2D eigenvalue weighted by atomic mass is 10.00. The van der Waals surface area contributed by atoms with Crippen molar-refractivity contribution in [3.05, 3.63) is 59.1 Å². The average Bonchev–Trinajstić information content (AvgIpc) is 2.94. The van der Waals surface area contributed by atoms with Gasteiger partial charge in [0.2, 0.25) is 5.91 Å². The average molecular weight is 587 g/mol. The normalized spacial score (nSPS) is 17.2. The number of carboxylic acids is 1. The summed E-state index contributed by atoms with van der Waals surface area (Å²) in [5.74, 6) is -2.82. The molecule has 4 rings (SSSR count). The zero-order valence-corrected chi connectivity index (χ0v) is 22.1. The molecule has 40 heavy (non-hydrogen) atoms. The van der Waals surface area contributed by atoms with Gasteiger partial charge in [0.25, 0.3) is 0 Å². The van der Waals surface area contributed by atoms with Crippen LogP contribution in [0, 0.1) is 0 Å². The minimum atomic E-state index is -5.08. The van der Waals surface area contributed by atoms with Crippen LogP contribution in [-0.2, 0) is 14.3 Å². The molecule has 218 valence electrons. The number of phenols is 1. The van der Waals surface area contributed by atoms with Crippen LogP contribution in [0.4, 0.5) is 23.7 Å². The Balaban J connectivity index is 0.000000559. The minimum Gasteiger partial charge on any atom is -0.508 e. The van der Waals surface area contributed by atoms with Crippen molar-refractivity contribution in [2.24, 2.45) is 0 Å². The smallest absolute Gasteiger partial charge is 0.490 e. The molecule has 2 aromatic rings. The Hall–Kier alpha value is -3.55. The molecule has 2 saturated heterocycles. The fraction of sp³-hybridized carbons (Fsp3) is 0.423. The third kappa shape index (κ3) is 9.28. The molecule has 4 N–H and O–H groups in total. The van der Waals surface area contributed by atoms with Crippen LogP contribution in [-0.4, -0.2) is 89.5 Å². The van der Waals surface area contributed by atoms with Crippen LogP contribution in [0.1, 0.15) is 24.4 Å². The van der Waals surface area contributed by atoms with E-state index in [0.717, 1.165) is 39.1 Å². The number of phenolic OH excluding ortho intramolecular Hbond substituents is 1. The number of benzene rings is 2. The van der Waals surface area contributed by atoms with Crippen LogP contribution in [0.3, 0.4) is 0 Å². The SMILES string of the molecule is O=C(Nc1ccc(Cl)cc1)N[C@@H](C(=O)N1CCC(N2CCOCC2)CC1)c1ccc(O)cc1.O=C(O)C(F)(F)F. The largest absolute Gasteiger partial charge is 0.508 e. The highest BCUT2D eigenvalue weighted by Gasteiger charge is 2.38. The Morgan fingerprint density at radius 1 is 0.950 bits per heavy atom. The van der Waals surface area contributed by atoms with E-state index in [-0.39, 0.29) is 11.7 Å². The van der Waals surface area contributed by atoms with Crippen LogP contribution in [0.5, 0.6) is 5.75 Å². The van der Waals surface area contributed by atoms with Gasteiger partial charge in [-0.05, 0) is 54.8 Å². The molecule has 2 aliphatic rings. The Kier molecular flexibility index (Phi) is 11.0. The van der Waals surface area contributed by atoms with Crippen molar-refractivity contribution in [1.29, 1.82) is 0 Å². The van der Waals surface area contributed by atoms with Crippen LogP contribution >= 0.6 is 11.6 Å². The highest BCUT2D eigenvalue weighted by Crippen LogP contribution is 2.24. The number of morpholine rings is 1. The van der Waals surface area contributed by atoms with Gasteiger partial charge in [-0.25, -0.2) is 9.59 Å². The first kappa shape index (κ1) is 31.0. The van der Waals surface area contributed by atoms with E-state index in [0.29, 0.717) is 35.4 Å². The van der Waals surface area contributed by atoms with E-state index in [9.17, 15) is 27.9 Å². The number of carbonyl (C=O) groups excluding carboxylic acids is 2. The molecule has 0 bridgehead atoms. The lowest BCUT2D eigenvalue weighted by Crippen LogP contribution is -2.52. The van der Waals surface area contributed by atoms with Gasteiger partial charge < -0.3 is 30.5 Å². The number of amides is 3. The summed E-state index contributed by atoms with van der Waals surface area (Å²) in [5, 5.41) is 22.9. The number of nitrogens with one attached hydrogen (secondary N) is 2. The predicted molar refractivity (Wildman–Crippen MR) is 140 cm³/mol. The number of carboxylic acid groups (broad SMARTS) is 1. The molecule has 2 aliphatic heterocycles.